The molecule has 1 fully saturated rings. The van der Waals surface area contributed by atoms with Crippen LogP contribution in [0.3, 0.4) is 0 Å². The lowest BCUT2D eigenvalue weighted by Crippen LogP contribution is -2.46. The van der Waals surface area contributed by atoms with E-state index in [1.165, 1.54) is 0 Å². The number of nitrogens with zero attached hydrogens (tertiary/aromatic N) is 3. The summed E-state index contributed by atoms with van der Waals surface area (Å²) in [5.41, 5.74) is 0.843. The fraction of sp³-hybridized carbons (Fsp3) is 0.750. The Morgan fingerprint density at radius 3 is 2.95 bits per heavy atom. The van der Waals surface area contributed by atoms with Crippen molar-refractivity contribution in [2.45, 2.75) is 32.8 Å². The maximum Gasteiger partial charge on any atom is 0.292 e. The van der Waals surface area contributed by atoms with Crippen molar-refractivity contribution in [2.24, 2.45) is 5.92 Å². The number of hydrogen-bond acceptors (Lipinski definition) is 5. The van der Waals surface area contributed by atoms with Crippen LogP contribution < -0.4 is 0 Å². The van der Waals surface area contributed by atoms with Crippen molar-refractivity contribution in [3.8, 4) is 0 Å². The minimum absolute atomic E-state index is 0.0827. The van der Waals surface area contributed by atoms with Crippen molar-refractivity contribution in [3.05, 3.63) is 17.5 Å². The molecule has 0 aliphatic carbocycles. The van der Waals surface area contributed by atoms with E-state index in [0.29, 0.717) is 31.4 Å². The molecule has 0 radical (unpaired) electrons. The Bertz CT molecular complexity index is 485. The monoisotopic (exact) mass is 309 g/mol. The molecule has 1 atom stereocenters. The van der Waals surface area contributed by atoms with E-state index in [1.54, 1.807) is 6.07 Å². The first-order chi connectivity index (χ1) is 10.5. The number of ether oxygens (including phenoxy) is 1. The molecule has 0 spiro atoms. The summed E-state index contributed by atoms with van der Waals surface area (Å²) in [5, 5.41) is 3.99. The smallest absolute Gasteiger partial charge is 0.292 e. The minimum atomic E-state index is -0.0827. The lowest BCUT2D eigenvalue weighted by Gasteiger charge is -2.32. The molecule has 124 valence electrons. The summed E-state index contributed by atoms with van der Waals surface area (Å²) in [5.74, 6) is 0.747. The van der Waals surface area contributed by atoms with Gasteiger partial charge in [0.1, 0.15) is 0 Å². The van der Waals surface area contributed by atoms with Gasteiger partial charge in [-0.2, -0.15) is 0 Å². The Morgan fingerprint density at radius 1 is 1.50 bits per heavy atom. The molecule has 6 nitrogen and oxygen atoms in total. The predicted octanol–water partition coefficient (Wildman–Crippen LogP) is 1.67. The van der Waals surface area contributed by atoms with E-state index in [2.05, 4.69) is 23.9 Å². The van der Waals surface area contributed by atoms with Crippen LogP contribution >= 0.6 is 0 Å². The van der Waals surface area contributed by atoms with E-state index in [9.17, 15) is 4.79 Å². The van der Waals surface area contributed by atoms with Crippen LogP contribution in [-0.4, -0.2) is 67.3 Å². The highest BCUT2D eigenvalue weighted by molar-refractivity contribution is 5.91. The van der Waals surface area contributed by atoms with Gasteiger partial charge in [-0.25, -0.2) is 0 Å². The van der Waals surface area contributed by atoms with Gasteiger partial charge < -0.3 is 19.1 Å². The second-order valence-corrected chi connectivity index (χ2v) is 6.62. The fourth-order valence-corrected chi connectivity index (χ4v) is 2.56. The maximum absolute atomic E-state index is 12.5. The van der Waals surface area contributed by atoms with Gasteiger partial charge in [-0.1, -0.05) is 19.0 Å². The molecule has 1 amide bonds. The van der Waals surface area contributed by atoms with Crippen molar-refractivity contribution >= 4 is 5.91 Å². The van der Waals surface area contributed by atoms with Gasteiger partial charge in [-0.3, -0.25) is 4.79 Å². The highest BCUT2D eigenvalue weighted by atomic mass is 16.5. The normalized spacial score (nSPS) is 19.2. The number of rotatable bonds is 6. The number of aromatic nitrogens is 1. The molecule has 0 bridgehead atoms. The zero-order valence-corrected chi connectivity index (χ0v) is 14.0. The molecule has 1 aliphatic rings. The van der Waals surface area contributed by atoms with Crippen LogP contribution in [0.5, 0.6) is 0 Å². The molecule has 1 saturated heterocycles. The molecule has 2 heterocycles. The molecule has 0 N–H and O–H groups in total. The molecule has 1 aromatic heterocycles. The Morgan fingerprint density at radius 2 is 2.27 bits per heavy atom. The van der Waals surface area contributed by atoms with Crippen LogP contribution in [0.2, 0.25) is 0 Å². The third-order valence-corrected chi connectivity index (χ3v) is 3.71. The van der Waals surface area contributed by atoms with E-state index in [4.69, 9.17) is 9.26 Å². The summed E-state index contributed by atoms with van der Waals surface area (Å²) in [6.45, 7) is 7.00. The first-order valence-electron chi connectivity index (χ1n) is 7.97. The molecule has 1 aliphatic heterocycles. The topological polar surface area (TPSA) is 58.8 Å². The standard InChI is InChI=1S/C16H27N3O3/c1-12(2)9-13-10-15(22-17-13)16(20)19-7-8-21-14(11-19)5-6-18(3)4/h10,12,14H,5-9,11H2,1-4H3/t14-/m0/s1. The van der Waals surface area contributed by atoms with E-state index in [-0.39, 0.29) is 12.0 Å². The van der Waals surface area contributed by atoms with Crippen LogP contribution in [-0.2, 0) is 11.2 Å². The summed E-state index contributed by atoms with van der Waals surface area (Å²) in [4.78, 5) is 16.4. The fourth-order valence-electron chi connectivity index (χ4n) is 2.56. The molecular formula is C16H27N3O3. The molecule has 22 heavy (non-hydrogen) atoms. The highest BCUT2D eigenvalue weighted by Crippen LogP contribution is 2.15. The van der Waals surface area contributed by atoms with E-state index >= 15 is 0 Å². The SMILES string of the molecule is CC(C)Cc1cc(C(=O)N2CCO[C@@H](CCN(C)C)C2)on1. The zero-order valence-electron chi connectivity index (χ0n) is 14.0. The third kappa shape index (κ3) is 4.81. The second kappa shape index (κ2) is 7.74. The average molecular weight is 309 g/mol. The molecule has 0 saturated carbocycles. The van der Waals surface area contributed by atoms with Crippen molar-refractivity contribution in [3.63, 3.8) is 0 Å². The quantitative estimate of drug-likeness (QED) is 0.800. The average Bonchev–Trinajstić information content (AvgIpc) is 2.92. The van der Waals surface area contributed by atoms with Crippen molar-refractivity contribution in [2.75, 3.05) is 40.3 Å². The number of carbonyl (C=O) groups excluding carboxylic acids is 1. The van der Waals surface area contributed by atoms with Gasteiger partial charge in [0.2, 0.25) is 5.76 Å². The van der Waals surface area contributed by atoms with Crippen LogP contribution in [0.15, 0.2) is 10.6 Å². The van der Waals surface area contributed by atoms with Crippen molar-refractivity contribution in [1.82, 2.24) is 15.0 Å². The van der Waals surface area contributed by atoms with Crippen LogP contribution in [0.25, 0.3) is 0 Å². The Labute approximate surface area is 132 Å². The van der Waals surface area contributed by atoms with Crippen molar-refractivity contribution in [1.29, 1.82) is 0 Å². The molecule has 2 rings (SSSR count). The molecule has 6 heteroatoms. The molecule has 0 aromatic carbocycles. The third-order valence-electron chi connectivity index (χ3n) is 3.71. The highest BCUT2D eigenvalue weighted by Gasteiger charge is 2.27. The van der Waals surface area contributed by atoms with Crippen LogP contribution in [0.1, 0.15) is 36.5 Å². The zero-order chi connectivity index (χ0) is 16.1. The molecule has 0 unspecified atom stereocenters. The number of amides is 1. The second-order valence-electron chi connectivity index (χ2n) is 6.62. The molecular weight excluding hydrogens is 282 g/mol. The van der Waals surface area contributed by atoms with Gasteiger partial charge >= 0.3 is 0 Å². The number of hydrogen-bond donors (Lipinski definition) is 0. The summed E-state index contributed by atoms with van der Waals surface area (Å²) < 4.78 is 11.0. The summed E-state index contributed by atoms with van der Waals surface area (Å²) in [6, 6.07) is 1.77. The largest absolute Gasteiger partial charge is 0.374 e. The van der Waals surface area contributed by atoms with Gasteiger partial charge in [0.25, 0.3) is 5.91 Å². The van der Waals surface area contributed by atoms with Crippen LogP contribution in [0.4, 0.5) is 0 Å². The molecule has 1 aromatic rings. The van der Waals surface area contributed by atoms with E-state index in [1.807, 2.05) is 19.0 Å². The summed E-state index contributed by atoms with van der Waals surface area (Å²) in [6.07, 6.45) is 1.84. The maximum atomic E-state index is 12.5. The summed E-state index contributed by atoms with van der Waals surface area (Å²) >= 11 is 0. The van der Waals surface area contributed by atoms with Gasteiger partial charge in [0.15, 0.2) is 0 Å². The Kier molecular flexibility index (Phi) is 5.97. The predicted molar refractivity (Wildman–Crippen MR) is 83.9 cm³/mol. The van der Waals surface area contributed by atoms with Gasteiger partial charge in [0.05, 0.1) is 18.4 Å². The van der Waals surface area contributed by atoms with Crippen LogP contribution in [0, 0.1) is 5.92 Å². The van der Waals surface area contributed by atoms with E-state index in [0.717, 1.165) is 25.1 Å². The first kappa shape index (κ1) is 17.0. The lowest BCUT2D eigenvalue weighted by molar-refractivity contribution is -0.0280. The van der Waals surface area contributed by atoms with Gasteiger partial charge in [-0.15, -0.1) is 0 Å². The lowest BCUT2D eigenvalue weighted by atomic mass is 10.1. The number of carbonyl (C=O) groups is 1. The minimum Gasteiger partial charge on any atom is -0.374 e. The summed E-state index contributed by atoms with van der Waals surface area (Å²) in [7, 11) is 4.08. The van der Waals surface area contributed by atoms with Crippen molar-refractivity contribution < 1.29 is 14.1 Å². The van der Waals surface area contributed by atoms with E-state index < -0.39 is 0 Å². The Balaban J connectivity index is 1.92. The first-order valence-corrected chi connectivity index (χ1v) is 7.97. The Hall–Kier alpha value is -1.40. The van der Waals surface area contributed by atoms with Gasteiger partial charge in [0, 0.05) is 25.7 Å². The van der Waals surface area contributed by atoms with Gasteiger partial charge in [-0.05, 0) is 32.9 Å². The number of morpholine rings is 1.